The van der Waals surface area contributed by atoms with Crippen LogP contribution in [0.15, 0.2) is 23.3 Å². The molecule has 0 bridgehead atoms. The Kier molecular flexibility index (Phi) is 2.92. The van der Waals surface area contributed by atoms with Crippen LogP contribution in [0, 0.1) is 0 Å². The van der Waals surface area contributed by atoms with Gasteiger partial charge in [0.15, 0.2) is 6.23 Å². The minimum absolute atomic E-state index is 0.144. The molecule has 2 heterocycles. The largest absolute Gasteiger partial charge is 0.394 e. The van der Waals surface area contributed by atoms with Gasteiger partial charge in [-0.05, 0) is 0 Å². The zero-order valence-electron chi connectivity index (χ0n) is 8.85. The van der Waals surface area contributed by atoms with Crippen molar-refractivity contribution in [2.24, 2.45) is 0 Å². The van der Waals surface area contributed by atoms with Crippen molar-refractivity contribution in [1.82, 2.24) is 14.5 Å². The van der Waals surface area contributed by atoms with E-state index in [1.54, 1.807) is 0 Å². The van der Waals surface area contributed by atoms with Crippen LogP contribution in [0.25, 0.3) is 0 Å². The molecule has 0 saturated carbocycles. The maximum Gasteiger partial charge on any atom is 0.354 e. The Morgan fingerprint density at radius 1 is 1.65 bits per heavy atom. The predicted molar refractivity (Wildman–Crippen MR) is 56.8 cm³/mol. The van der Waals surface area contributed by atoms with Gasteiger partial charge in [0.1, 0.15) is 18.5 Å². The van der Waals surface area contributed by atoms with Crippen LogP contribution in [0.1, 0.15) is 6.23 Å². The molecule has 0 aromatic carbocycles. The normalized spacial score (nSPS) is 28.6. The first kappa shape index (κ1) is 11.7. The Hall–Kier alpha value is -1.77. The second kappa shape index (κ2) is 4.24. The summed E-state index contributed by atoms with van der Waals surface area (Å²) in [5.74, 6) is -0.144. The molecule has 8 heteroatoms. The van der Waals surface area contributed by atoms with Gasteiger partial charge in [-0.15, -0.1) is 0 Å². The van der Waals surface area contributed by atoms with E-state index >= 15 is 0 Å². The topological polar surface area (TPSA) is 123 Å². The van der Waals surface area contributed by atoms with Crippen molar-refractivity contribution in [2.45, 2.75) is 18.4 Å². The summed E-state index contributed by atoms with van der Waals surface area (Å²) >= 11 is 0. The molecule has 8 nitrogen and oxygen atoms in total. The smallest absolute Gasteiger partial charge is 0.354 e. The predicted octanol–water partition coefficient (Wildman–Crippen LogP) is -1.97. The SMILES string of the molecule is C=C1[C@H](O)[C@@H](CO)O[C@@H]1n1cnc(N)nc1=O. The number of ether oxygens (including phenoxy) is 1. The van der Waals surface area contributed by atoms with E-state index < -0.39 is 24.1 Å². The number of nitrogen functional groups attached to an aromatic ring is 1. The molecule has 0 unspecified atom stereocenters. The number of anilines is 1. The fraction of sp³-hybridized carbons (Fsp3) is 0.444. The van der Waals surface area contributed by atoms with Gasteiger partial charge in [-0.3, -0.25) is 4.57 Å². The van der Waals surface area contributed by atoms with E-state index in [2.05, 4.69) is 16.5 Å². The molecular formula is C9H12N4O4. The molecule has 1 aliphatic heterocycles. The van der Waals surface area contributed by atoms with E-state index in [0.29, 0.717) is 0 Å². The first-order valence-electron chi connectivity index (χ1n) is 4.88. The number of nitrogens with two attached hydrogens (primary N) is 1. The van der Waals surface area contributed by atoms with Crippen molar-refractivity contribution in [3.63, 3.8) is 0 Å². The summed E-state index contributed by atoms with van der Waals surface area (Å²) in [5, 5.41) is 18.6. The molecule has 17 heavy (non-hydrogen) atoms. The van der Waals surface area contributed by atoms with E-state index in [1.165, 1.54) is 0 Å². The minimum atomic E-state index is -1.03. The number of aliphatic hydroxyl groups excluding tert-OH is 2. The Morgan fingerprint density at radius 2 is 2.35 bits per heavy atom. The van der Waals surface area contributed by atoms with E-state index in [0.717, 1.165) is 10.9 Å². The number of rotatable bonds is 2. The molecule has 92 valence electrons. The molecule has 1 saturated heterocycles. The van der Waals surface area contributed by atoms with Crippen molar-refractivity contribution in [2.75, 3.05) is 12.3 Å². The van der Waals surface area contributed by atoms with Crippen LogP contribution in [-0.4, -0.2) is 43.6 Å². The molecular weight excluding hydrogens is 228 g/mol. The Bertz CT molecular complexity index is 500. The maximum absolute atomic E-state index is 11.5. The van der Waals surface area contributed by atoms with Crippen molar-refractivity contribution in [3.05, 3.63) is 29.0 Å². The van der Waals surface area contributed by atoms with Gasteiger partial charge in [-0.2, -0.15) is 4.98 Å². The molecule has 3 atom stereocenters. The molecule has 0 aliphatic carbocycles. The van der Waals surface area contributed by atoms with Crippen molar-refractivity contribution in [3.8, 4) is 0 Å². The Balaban J connectivity index is 2.35. The van der Waals surface area contributed by atoms with Crippen LogP contribution in [0.4, 0.5) is 5.95 Å². The molecule has 1 aromatic rings. The summed E-state index contributed by atoms with van der Waals surface area (Å²) in [6.07, 6.45) is -1.57. The van der Waals surface area contributed by atoms with Gasteiger partial charge in [0, 0.05) is 5.57 Å². The lowest BCUT2D eigenvalue weighted by atomic mass is 10.1. The highest BCUT2D eigenvalue weighted by Crippen LogP contribution is 2.31. The highest BCUT2D eigenvalue weighted by Gasteiger charge is 2.38. The summed E-state index contributed by atoms with van der Waals surface area (Å²) < 4.78 is 6.34. The van der Waals surface area contributed by atoms with Crippen LogP contribution >= 0.6 is 0 Å². The van der Waals surface area contributed by atoms with Gasteiger partial charge in [-0.25, -0.2) is 9.78 Å². The van der Waals surface area contributed by atoms with Crippen molar-refractivity contribution in [1.29, 1.82) is 0 Å². The van der Waals surface area contributed by atoms with Crippen molar-refractivity contribution < 1.29 is 14.9 Å². The summed E-state index contributed by atoms with van der Waals surface area (Å²) in [6.45, 7) is 3.25. The van der Waals surface area contributed by atoms with Crippen LogP contribution < -0.4 is 11.4 Å². The average molecular weight is 240 g/mol. The van der Waals surface area contributed by atoms with Gasteiger partial charge < -0.3 is 20.7 Å². The Morgan fingerprint density at radius 3 is 2.88 bits per heavy atom. The third kappa shape index (κ3) is 1.93. The molecule has 1 aliphatic rings. The maximum atomic E-state index is 11.5. The highest BCUT2D eigenvalue weighted by atomic mass is 16.5. The van der Waals surface area contributed by atoms with E-state index in [-0.39, 0.29) is 18.1 Å². The standard InChI is InChI=1S/C9H12N4O4/c1-4-6(15)5(2-14)17-7(4)13-3-11-8(10)12-9(13)16/h3,5-7,14-15H,1-2H2,(H2,10,12,16)/t5-,6+,7+/m1/s1. The van der Waals surface area contributed by atoms with Crippen LogP contribution in [0.3, 0.4) is 0 Å². The van der Waals surface area contributed by atoms with E-state index in [1.807, 2.05) is 0 Å². The first-order valence-corrected chi connectivity index (χ1v) is 4.88. The van der Waals surface area contributed by atoms with Gasteiger partial charge in [0.05, 0.1) is 6.61 Å². The van der Waals surface area contributed by atoms with Gasteiger partial charge in [-0.1, -0.05) is 6.58 Å². The summed E-state index contributed by atoms with van der Waals surface area (Å²) in [5.41, 5.74) is 4.86. The lowest BCUT2D eigenvalue weighted by molar-refractivity contribution is -0.0450. The fourth-order valence-corrected chi connectivity index (χ4v) is 1.62. The molecule has 1 aromatic heterocycles. The average Bonchev–Trinajstić information content (AvgIpc) is 2.57. The van der Waals surface area contributed by atoms with Crippen LogP contribution in [0.2, 0.25) is 0 Å². The molecule has 0 radical (unpaired) electrons. The summed E-state index contributed by atoms with van der Waals surface area (Å²) in [4.78, 5) is 18.6. The zero-order valence-corrected chi connectivity index (χ0v) is 8.85. The fourth-order valence-electron chi connectivity index (χ4n) is 1.62. The number of aromatic nitrogens is 3. The monoisotopic (exact) mass is 240 g/mol. The minimum Gasteiger partial charge on any atom is -0.394 e. The molecule has 4 N–H and O–H groups in total. The quantitative estimate of drug-likeness (QED) is 0.512. The van der Waals surface area contributed by atoms with E-state index in [9.17, 15) is 9.90 Å². The van der Waals surface area contributed by atoms with E-state index in [4.69, 9.17) is 15.6 Å². The molecule has 0 amide bonds. The molecule has 2 rings (SSSR count). The second-order valence-corrected chi connectivity index (χ2v) is 3.63. The summed E-state index contributed by atoms with van der Waals surface area (Å²) in [6, 6.07) is 0. The second-order valence-electron chi connectivity index (χ2n) is 3.63. The lowest BCUT2D eigenvalue weighted by Crippen LogP contribution is -2.29. The van der Waals surface area contributed by atoms with Crippen LogP contribution in [0.5, 0.6) is 0 Å². The number of nitrogens with zero attached hydrogens (tertiary/aromatic N) is 3. The van der Waals surface area contributed by atoms with Crippen molar-refractivity contribution >= 4 is 5.95 Å². The first-order chi connectivity index (χ1) is 8.04. The summed E-state index contributed by atoms with van der Waals surface area (Å²) in [7, 11) is 0. The zero-order chi connectivity index (χ0) is 12.6. The van der Waals surface area contributed by atoms with Gasteiger partial charge in [0.25, 0.3) is 0 Å². The molecule has 1 fully saturated rings. The highest BCUT2D eigenvalue weighted by molar-refractivity contribution is 5.16. The van der Waals surface area contributed by atoms with Crippen LogP contribution in [-0.2, 0) is 4.74 Å². The molecule has 0 spiro atoms. The van der Waals surface area contributed by atoms with Gasteiger partial charge in [0.2, 0.25) is 5.95 Å². The third-order valence-corrected chi connectivity index (χ3v) is 2.53. The van der Waals surface area contributed by atoms with Gasteiger partial charge >= 0.3 is 5.69 Å². The third-order valence-electron chi connectivity index (χ3n) is 2.53. The number of aliphatic hydroxyl groups is 2. The lowest BCUT2D eigenvalue weighted by Gasteiger charge is -2.13. The number of hydrogen-bond acceptors (Lipinski definition) is 7. The Labute approximate surface area is 96.0 Å². The number of hydrogen-bond donors (Lipinski definition) is 3.